The van der Waals surface area contributed by atoms with Gasteiger partial charge < -0.3 is 4.74 Å². The zero-order valence-corrected chi connectivity index (χ0v) is 6.25. The second-order valence-electron chi connectivity index (χ2n) is 2.66. The van der Waals surface area contributed by atoms with Gasteiger partial charge in [-0.05, 0) is 26.3 Å². The van der Waals surface area contributed by atoms with Gasteiger partial charge in [0.15, 0.2) is 6.23 Å². The van der Waals surface area contributed by atoms with Crippen LogP contribution in [0.15, 0.2) is 0 Å². The van der Waals surface area contributed by atoms with E-state index in [1.807, 2.05) is 7.05 Å². The summed E-state index contributed by atoms with van der Waals surface area (Å²) in [6, 6.07) is 0. The van der Waals surface area contributed by atoms with E-state index < -0.39 is 0 Å². The summed E-state index contributed by atoms with van der Waals surface area (Å²) in [4.78, 5) is 12.0. The molecule has 0 aliphatic carbocycles. The van der Waals surface area contributed by atoms with Crippen LogP contribution in [0.25, 0.3) is 0 Å². The van der Waals surface area contributed by atoms with Gasteiger partial charge in [0.2, 0.25) is 0 Å². The van der Waals surface area contributed by atoms with Crippen molar-refractivity contribution >= 4 is 6.47 Å². The number of hydrogen-bond donors (Lipinski definition) is 0. The van der Waals surface area contributed by atoms with Gasteiger partial charge in [0.1, 0.15) is 0 Å². The summed E-state index contributed by atoms with van der Waals surface area (Å²) in [6.07, 6.45) is 3.40. The van der Waals surface area contributed by atoms with Crippen molar-refractivity contribution in [2.75, 3.05) is 13.6 Å². The minimum atomic E-state index is 0.0336. The Kier molecular flexibility index (Phi) is 2.68. The van der Waals surface area contributed by atoms with Crippen molar-refractivity contribution in [1.82, 2.24) is 4.90 Å². The summed E-state index contributed by atoms with van der Waals surface area (Å²) in [5.74, 6) is 0. The number of nitrogens with zero attached hydrogens (tertiary/aromatic N) is 1. The number of likely N-dealkylation sites (tertiary alicyclic amines) is 1. The van der Waals surface area contributed by atoms with Gasteiger partial charge in [0.05, 0.1) is 0 Å². The van der Waals surface area contributed by atoms with E-state index in [2.05, 4.69) is 4.90 Å². The first kappa shape index (κ1) is 7.54. The molecule has 1 aliphatic heterocycles. The lowest BCUT2D eigenvalue weighted by Gasteiger charge is -2.30. The van der Waals surface area contributed by atoms with Crippen LogP contribution >= 0.6 is 0 Å². The standard InChI is InChI=1S/C7H13NO2/c1-8-5-3-2-4-7(8)10-6-9/h6-7H,2-5H2,1H3. The highest BCUT2D eigenvalue weighted by Gasteiger charge is 2.18. The average molecular weight is 143 g/mol. The molecule has 0 aromatic carbocycles. The number of ether oxygens (including phenoxy) is 1. The molecule has 0 radical (unpaired) electrons. The Hall–Kier alpha value is -0.570. The van der Waals surface area contributed by atoms with Crippen LogP contribution < -0.4 is 0 Å². The van der Waals surface area contributed by atoms with E-state index in [9.17, 15) is 4.79 Å². The molecule has 0 aromatic heterocycles. The molecule has 1 heterocycles. The predicted molar refractivity (Wildman–Crippen MR) is 37.4 cm³/mol. The Morgan fingerprint density at radius 2 is 2.40 bits per heavy atom. The molecule has 10 heavy (non-hydrogen) atoms. The van der Waals surface area contributed by atoms with Crippen LogP contribution in [0.1, 0.15) is 19.3 Å². The fourth-order valence-corrected chi connectivity index (χ4v) is 1.28. The average Bonchev–Trinajstić information content (AvgIpc) is 1.94. The number of rotatable bonds is 2. The van der Waals surface area contributed by atoms with Crippen molar-refractivity contribution in [3.05, 3.63) is 0 Å². The summed E-state index contributed by atoms with van der Waals surface area (Å²) >= 11 is 0. The van der Waals surface area contributed by atoms with Crippen molar-refractivity contribution in [2.45, 2.75) is 25.5 Å². The van der Waals surface area contributed by atoms with Gasteiger partial charge in [-0.2, -0.15) is 0 Å². The summed E-state index contributed by atoms with van der Waals surface area (Å²) in [5, 5.41) is 0. The van der Waals surface area contributed by atoms with Crippen molar-refractivity contribution in [3.63, 3.8) is 0 Å². The van der Waals surface area contributed by atoms with E-state index in [0.29, 0.717) is 6.47 Å². The fourth-order valence-electron chi connectivity index (χ4n) is 1.28. The maximum atomic E-state index is 9.97. The van der Waals surface area contributed by atoms with Gasteiger partial charge in [-0.1, -0.05) is 0 Å². The summed E-state index contributed by atoms with van der Waals surface area (Å²) in [5.41, 5.74) is 0. The maximum absolute atomic E-state index is 9.97. The molecule has 1 atom stereocenters. The van der Waals surface area contributed by atoms with Gasteiger partial charge in [0, 0.05) is 6.54 Å². The molecule has 0 bridgehead atoms. The lowest BCUT2D eigenvalue weighted by molar-refractivity contribution is -0.144. The second kappa shape index (κ2) is 3.56. The van der Waals surface area contributed by atoms with Crippen LogP contribution in [0, 0.1) is 0 Å². The van der Waals surface area contributed by atoms with E-state index in [-0.39, 0.29) is 6.23 Å². The van der Waals surface area contributed by atoms with Crippen molar-refractivity contribution in [1.29, 1.82) is 0 Å². The van der Waals surface area contributed by atoms with Crippen molar-refractivity contribution < 1.29 is 9.53 Å². The lowest BCUT2D eigenvalue weighted by atomic mass is 10.1. The SMILES string of the molecule is CN1CCCCC1OC=O. The third-order valence-corrected chi connectivity index (χ3v) is 1.92. The fraction of sp³-hybridized carbons (Fsp3) is 0.857. The Morgan fingerprint density at radius 3 is 3.00 bits per heavy atom. The van der Waals surface area contributed by atoms with E-state index in [1.54, 1.807) is 0 Å². The monoisotopic (exact) mass is 143 g/mol. The van der Waals surface area contributed by atoms with E-state index >= 15 is 0 Å². The second-order valence-corrected chi connectivity index (χ2v) is 2.66. The van der Waals surface area contributed by atoms with Crippen LogP contribution in [-0.2, 0) is 9.53 Å². The number of carbonyl (C=O) groups is 1. The minimum absolute atomic E-state index is 0.0336. The van der Waals surface area contributed by atoms with Crippen LogP contribution in [0.4, 0.5) is 0 Å². The van der Waals surface area contributed by atoms with Gasteiger partial charge in [-0.25, -0.2) is 0 Å². The third kappa shape index (κ3) is 1.70. The number of piperidine rings is 1. The lowest BCUT2D eigenvalue weighted by Crippen LogP contribution is -2.37. The van der Waals surface area contributed by atoms with E-state index in [1.165, 1.54) is 12.8 Å². The summed E-state index contributed by atoms with van der Waals surface area (Å²) < 4.78 is 4.84. The Labute approximate surface area is 61.0 Å². The first-order chi connectivity index (χ1) is 4.84. The normalized spacial score (nSPS) is 27.9. The molecule has 3 heteroatoms. The highest BCUT2D eigenvalue weighted by atomic mass is 16.5. The largest absolute Gasteiger partial charge is 0.449 e. The van der Waals surface area contributed by atoms with Crippen molar-refractivity contribution in [2.24, 2.45) is 0 Å². The molecule has 0 aromatic rings. The summed E-state index contributed by atoms with van der Waals surface area (Å²) in [6.45, 7) is 1.57. The molecule has 0 amide bonds. The molecule has 58 valence electrons. The molecule has 1 saturated heterocycles. The van der Waals surface area contributed by atoms with Crippen LogP contribution in [0.3, 0.4) is 0 Å². The molecule has 3 nitrogen and oxygen atoms in total. The zero-order chi connectivity index (χ0) is 7.40. The predicted octanol–water partition coefficient (Wildman–Crippen LogP) is 0.601. The van der Waals surface area contributed by atoms with E-state index in [0.717, 1.165) is 13.0 Å². The highest BCUT2D eigenvalue weighted by Crippen LogP contribution is 2.14. The number of carbonyl (C=O) groups excluding carboxylic acids is 1. The summed E-state index contributed by atoms with van der Waals surface area (Å²) in [7, 11) is 1.98. The first-order valence-corrected chi connectivity index (χ1v) is 3.64. The van der Waals surface area contributed by atoms with Crippen LogP contribution in [0.2, 0.25) is 0 Å². The topological polar surface area (TPSA) is 29.5 Å². The molecule has 1 unspecified atom stereocenters. The molecule has 0 saturated carbocycles. The van der Waals surface area contributed by atoms with E-state index in [4.69, 9.17) is 4.74 Å². The quantitative estimate of drug-likeness (QED) is 0.530. The van der Waals surface area contributed by atoms with Crippen LogP contribution in [0.5, 0.6) is 0 Å². The molecular formula is C7H13NO2. The number of hydrogen-bond acceptors (Lipinski definition) is 3. The molecular weight excluding hydrogens is 130 g/mol. The highest BCUT2D eigenvalue weighted by molar-refractivity contribution is 5.37. The zero-order valence-electron chi connectivity index (χ0n) is 6.25. The van der Waals surface area contributed by atoms with Crippen LogP contribution in [-0.4, -0.2) is 31.2 Å². The first-order valence-electron chi connectivity index (χ1n) is 3.64. The molecule has 1 aliphatic rings. The smallest absolute Gasteiger partial charge is 0.294 e. The van der Waals surface area contributed by atoms with Gasteiger partial charge in [0.25, 0.3) is 6.47 Å². The molecule has 1 rings (SSSR count). The van der Waals surface area contributed by atoms with Gasteiger partial charge in [-0.3, -0.25) is 9.69 Å². The minimum Gasteiger partial charge on any atom is -0.449 e. The molecule has 0 spiro atoms. The van der Waals surface area contributed by atoms with Crippen molar-refractivity contribution in [3.8, 4) is 0 Å². The maximum Gasteiger partial charge on any atom is 0.294 e. The Morgan fingerprint density at radius 1 is 1.60 bits per heavy atom. The van der Waals surface area contributed by atoms with Gasteiger partial charge in [-0.15, -0.1) is 0 Å². The molecule has 1 fully saturated rings. The third-order valence-electron chi connectivity index (χ3n) is 1.92. The Balaban J connectivity index is 2.32. The molecule has 0 N–H and O–H groups in total. The Bertz CT molecular complexity index is 116. The van der Waals surface area contributed by atoms with Gasteiger partial charge >= 0.3 is 0 Å².